The van der Waals surface area contributed by atoms with Crippen LogP contribution in [0.5, 0.6) is 0 Å². The lowest BCUT2D eigenvalue weighted by Crippen LogP contribution is -2.51. The third-order valence-electron chi connectivity index (χ3n) is 9.41. The fourth-order valence-electron chi connectivity index (χ4n) is 6.84. The number of aliphatic hydroxyl groups excluding tert-OH is 1. The highest BCUT2D eigenvalue weighted by atomic mass is 16.5. The third kappa shape index (κ3) is 7.67. The van der Waals surface area contributed by atoms with Gasteiger partial charge in [-0.15, -0.1) is 0 Å². The summed E-state index contributed by atoms with van der Waals surface area (Å²) in [5.74, 6) is -1.02. The molecule has 4 amide bonds. The molecule has 11 heteroatoms. The predicted molar refractivity (Wildman–Crippen MR) is 155 cm³/mol. The fourth-order valence-corrected chi connectivity index (χ4v) is 6.84. The van der Waals surface area contributed by atoms with Crippen molar-refractivity contribution in [2.75, 3.05) is 32.8 Å². The number of ether oxygens (including phenoxy) is 1. The standard InChI is InChI=1S/C31H45N5O6/c1-20-27(37)16-29(39)35-10-7-22(13-28(38)32-17-21-5-3-2-4-6-21)23(18-35)14-30(40)36-19-25(15-26(36)31(41)33-20)34-24-8-11-42-12-9-24/h2-6,20,22-27,34,37H,7-19H2,1H3,(H,32,38)(H,33,41)/t20-,22-,23-,25-,26-,27-/m0/s1. The van der Waals surface area contributed by atoms with Crippen LogP contribution >= 0.6 is 0 Å². The molecule has 0 saturated carbocycles. The summed E-state index contributed by atoms with van der Waals surface area (Å²) in [7, 11) is 0. The third-order valence-corrected chi connectivity index (χ3v) is 9.41. The molecule has 0 unspecified atom stereocenters. The van der Waals surface area contributed by atoms with Gasteiger partial charge in [-0.05, 0) is 50.0 Å². The van der Waals surface area contributed by atoms with Gasteiger partial charge in [-0.3, -0.25) is 19.2 Å². The summed E-state index contributed by atoms with van der Waals surface area (Å²) in [6.45, 7) is 4.76. The molecule has 5 rings (SSSR count). The van der Waals surface area contributed by atoms with E-state index in [1.54, 1.807) is 16.7 Å². The Bertz CT molecular complexity index is 1110. The van der Waals surface area contributed by atoms with Crippen molar-refractivity contribution in [2.24, 2.45) is 11.8 Å². The lowest BCUT2D eigenvalue weighted by Gasteiger charge is -2.39. The van der Waals surface area contributed by atoms with E-state index in [0.29, 0.717) is 52.2 Å². The molecule has 4 aliphatic rings. The van der Waals surface area contributed by atoms with Gasteiger partial charge in [-0.1, -0.05) is 30.3 Å². The molecule has 4 fully saturated rings. The summed E-state index contributed by atoms with van der Waals surface area (Å²) in [5, 5.41) is 20.3. The SMILES string of the molecule is C[C@@H]1NC(=O)[C@@H]2C[C@H](NC3CCOCC3)CN2C(=O)C[C@H]2CN(CC[C@H]2CC(=O)NCc2ccccc2)C(=O)C[C@@H]1O. The Balaban J connectivity index is 1.31. The van der Waals surface area contributed by atoms with E-state index in [2.05, 4.69) is 16.0 Å². The number of benzene rings is 1. The van der Waals surface area contributed by atoms with Crippen LogP contribution in [0.3, 0.4) is 0 Å². The lowest BCUT2D eigenvalue weighted by molar-refractivity contribution is -0.141. The topological polar surface area (TPSA) is 140 Å². The Morgan fingerprint density at radius 2 is 1.79 bits per heavy atom. The minimum absolute atomic E-state index is 0.0232. The van der Waals surface area contributed by atoms with Crippen LogP contribution in [-0.4, -0.2) is 102 Å². The predicted octanol–water partition coefficient (Wildman–Crippen LogP) is 0.555. The maximum absolute atomic E-state index is 13.9. The van der Waals surface area contributed by atoms with Crippen molar-refractivity contribution < 1.29 is 29.0 Å². The van der Waals surface area contributed by atoms with Crippen molar-refractivity contribution >= 4 is 23.6 Å². The van der Waals surface area contributed by atoms with Crippen LogP contribution < -0.4 is 16.0 Å². The van der Waals surface area contributed by atoms with Crippen molar-refractivity contribution in [1.29, 1.82) is 0 Å². The van der Waals surface area contributed by atoms with Crippen molar-refractivity contribution in [3.63, 3.8) is 0 Å². The van der Waals surface area contributed by atoms with E-state index in [0.717, 1.165) is 18.4 Å². The quantitative estimate of drug-likeness (QED) is 0.384. The van der Waals surface area contributed by atoms with Crippen LogP contribution in [-0.2, 0) is 30.5 Å². The highest BCUT2D eigenvalue weighted by Gasteiger charge is 2.43. The van der Waals surface area contributed by atoms with Gasteiger partial charge in [0.25, 0.3) is 0 Å². The summed E-state index contributed by atoms with van der Waals surface area (Å²) in [6.07, 6.45) is 2.16. The smallest absolute Gasteiger partial charge is 0.243 e. The van der Waals surface area contributed by atoms with Gasteiger partial charge in [-0.2, -0.15) is 0 Å². The van der Waals surface area contributed by atoms with Crippen LogP contribution in [0.4, 0.5) is 0 Å². The highest BCUT2D eigenvalue weighted by molar-refractivity contribution is 5.89. The summed E-state index contributed by atoms with van der Waals surface area (Å²) >= 11 is 0. The number of nitrogens with one attached hydrogen (secondary N) is 3. The molecule has 230 valence electrons. The average molecular weight is 584 g/mol. The molecular weight excluding hydrogens is 538 g/mol. The van der Waals surface area contributed by atoms with E-state index in [9.17, 15) is 24.3 Å². The second kappa shape index (κ2) is 14.0. The van der Waals surface area contributed by atoms with Crippen molar-refractivity contribution in [2.45, 2.75) is 88.7 Å². The largest absolute Gasteiger partial charge is 0.390 e. The summed E-state index contributed by atoms with van der Waals surface area (Å²) in [4.78, 5) is 56.8. The monoisotopic (exact) mass is 583 g/mol. The van der Waals surface area contributed by atoms with Gasteiger partial charge in [0.15, 0.2) is 0 Å². The average Bonchev–Trinajstić information content (AvgIpc) is 3.41. The van der Waals surface area contributed by atoms with Gasteiger partial charge in [0, 0.05) is 64.3 Å². The number of carbonyl (C=O) groups is 4. The number of fused-ring (bicyclic) bond motifs is 3. The van der Waals surface area contributed by atoms with Gasteiger partial charge in [0.05, 0.1) is 18.6 Å². The zero-order valence-corrected chi connectivity index (χ0v) is 24.5. The number of carbonyl (C=O) groups excluding carboxylic acids is 4. The second-order valence-electron chi connectivity index (χ2n) is 12.4. The molecule has 0 aromatic heterocycles. The molecule has 4 N–H and O–H groups in total. The highest BCUT2D eigenvalue weighted by Crippen LogP contribution is 2.32. The number of rotatable bonds is 6. The number of hydrogen-bond acceptors (Lipinski definition) is 7. The molecule has 1 aromatic rings. The minimum Gasteiger partial charge on any atom is -0.390 e. The zero-order chi connectivity index (χ0) is 29.6. The molecule has 0 aliphatic carbocycles. The molecular formula is C31H45N5O6. The Kier molecular flexibility index (Phi) is 10.1. The molecule has 4 aliphatic heterocycles. The number of hydrogen-bond donors (Lipinski definition) is 4. The van der Waals surface area contributed by atoms with Crippen LogP contribution in [0.1, 0.15) is 57.4 Å². The maximum atomic E-state index is 13.9. The summed E-state index contributed by atoms with van der Waals surface area (Å²) in [5.41, 5.74) is 1.01. The van der Waals surface area contributed by atoms with Gasteiger partial charge >= 0.3 is 0 Å². The van der Waals surface area contributed by atoms with E-state index in [1.807, 2.05) is 30.3 Å². The lowest BCUT2D eigenvalue weighted by atomic mass is 9.80. The van der Waals surface area contributed by atoms with Crippen LogP contribution in [0.25, 0.3) is 0 Å². The summed E-state index contributed by atoms with van der Waals surface area (Å²) < 4.78 is 5.48. The van der Waals surface area contributed by atoms with E-state index in [1.165, 1.54) is 0 Å². The fraction of sp³-hybridized carbons (Fsp3) is 0.677. The molecule has 0 spiro atoms. The Labute approximate surface area is 247 Å². The Morgan fingerprint density at radius 3 is 2.55 bits per heavy atom. The molecule has 1 aromatic carbocycles. The van der Waals surface area contributed by atoms with Crippen LogP contribution in [0.15, 0.2) is 30.3 Å². The normalized spacial score (nSPS) is 31.4. The van der Waals surface area contributed by atoms with E-state index in [-0.39, 0.29) is 66.8 Å². The van der Waals surface area contributed by atoms with E-state index in [4.69, 9.17) is 4.74 Å². The molecule has 6 atom stereocenters. The maximum Gasteiger partial charge on any atom is 0.243 e. The van der Waals surface area contributed by atoms with Crippen molar-refractivity contribution in [3.8, 4) is 0 Å². The number of piperidine rings is 1. The first-order chi connectivity index (χ1) is 20.3. The summed E-state index contributed by atoms with van der Waals surface area (Å²) in [6, 6.07) is 8.67. The van der Waals surface area contributed by atoms with Gasteiger partial charge < -0.3 is 35.6 Å². The van der Waals surface area contributed by atoms with Gasteiger partial charge in [0.1, 0.15) is 6.04 Å². The van der Waals surface area contributed by atoms with E-state index >= 15 is 0 Å². The van der Waals surface area contributed by atoms with Gasteiger partial charge in [-0.25, -0.2) is 0 Å². The van der Waals surface area contributed by atoms with Gasteiger partial charge in [0.2, 0.25) is 23.6 Å². The van der Waals surface area contributed by atoms with Crippen molar-refractivity contribution in [1.82, 2.24) is 25.8 Å². The molecule has 4 heterocycles. The molecule has 2 bridgehead atoms. The minimum atomic E-state index is -1.04. The molecule has 0 radical (unpaired) electrons. The number of aliphatic hydroxyl groups is 1. The van der Waals surface area contributed by atoms with Crippen LogP contribution in [0.2, 0.25) is 0 Å². The Morgan fingerprint density at radius 1 is 1.02 bits per heavy atom. The van der Waals surface area contributed by atoms with Crippen LogP contribution in [0, 0.1) is 11.8 Å². The number of nitrogens with zero attached hydrogens (tertiary/aromatic N) is 2. The van der Waals surface area contributed by atoms with E-state index < -0.39 is 18.2 Å². The first-order valence-corrected chi connectivity index (χ1v) is 15.5. The molecule has 4 saturated heterocycles. The Hall–Kier alpha value is -3.02. The molecule has 11 nitrogen and oxygen atoms in total. The zero-order valence-electron chi connectivity index (χ0n) is 24.5. The first kappa shape index (κ1) is 30.4. The second-order valence-corrected chi connectivity index (χ2v) is 12.4. The number of amides is 4. The first-order valence-electron chi connectivity index (χ1n) is 15.5. The molecule has 42 heavy (non-hydrogen) atoms. The van der Waals surface area contributed by atoms with Crippen molar-refractivity contribution in [3.05, 3.63) is 35.9 Å².